The van der Waals surface area contributed by atoms with Crippen molar-refractivity contribution in [2.45, 2.75) is 26.2 Å². The van der Waals surface area contributed by atoms with Crippen LogP contribution in [0, 0.1) is 5.92 Å². The van der Waals surface area contributed by atoms with E-state index >= 15 is 0 Å². The zero-order chi connectivity index (χ0) is 12.0. The molecule has 1 heterocycles. The molecule has 6 nitrogen and oxygen atoms in total. The van der Waals surface area contributed by atoms with Crippen LogP contribution in [-0.4, -0.2) is 71.1 Å². The minimum absolute atomic E-state index is 0. The molecule has 7 heteroatoms. The average molecular weight is 252 g/mol. The maximum atomic E-state index is 11.6. The number of aliphatic imine (C=N–C) groups is 1. The molecular formula is C10H17N2NaO4. The minimum atomic E-state index is -0.981. The summed E-state index contributed by atoms with van der Waals surface area (Å²) in [5.74, 6) is -2.04. The van der Waals surface area contributed by atoms with Gasteiger partial charge in [0, 0.05) is 0 Å². The van der Waals surface area contributed by atoms with Gasteiger partial charge in [-0.3, -0.25) is 9.79 Å². The topological polar surface area (TPSA) is 79.2 Å². The second kappa shape index (κ2) is 8.49. The molecule has 1 rings (SSSR count). The third-order valence-corrected chi connectivity index (χ3v) is 2.26. The fourth-order valence-corrected chi connectivity index (χ4v) is 1.48. The van der Waals surface area contributed by atoms with Crippen molar-refractivity contribution in [3.63, 3.8) is 0 Å². The van der Waals surface area contributed by atoms with E-state index in [9.17, 15) is 9.59 Å². The Labute approximate surface area is 122 Å². The first-order valence-corrected chi connectivity index (χ1v) is 5.33. The fourth-order valence-electron chi connectivity index (χ4n) is 1.48. The molecule has 0 amide bonds. The standard InChI is InChI=1S/C10H16N2O4.Na.H/c1-2-3-8(6-9(13)14)10(15)16-12-5-4-11-7-12;;/h7-8H,2-6H2,1H3,(H,13,14);;. The predicted octanol–water partition coefficient (Wildman–Crippen LogP) is 0.0310. The number of carboxylic acids is 1. The van der Waals surface area contributed by atoms with E-state index in [-0.39, 0.29) is 36.0 Å². The van der Waals surface area contributed by atoms with Gasteiger partial charge in [-0.1, -0.05) is 13.3 Å². The Bertz CT molecular complexity index is 296. The van der Waals surface area contributed by atoms with Gasteiger partial charge in [-0.15, -0.1) is 0 Å². The van der Waals surface area contributed by atoms with Crippen LogP contribution in [0.15, 0.2) is 4.99 Å². The Hall–Kier alpha value is -0.590. The molecule has 1 unspecified atom stereocenters. The summed E-state index contributed by atoms with van der Waals surface area (Å²) in [6.45, 7) is 3.04. The molecule has 0 fully saturated rings. The van der Waals surface area contributed by atoms with Gasteiger partial charge in [0.15, 0.2) is 0 Å². The molecule has 0 aromatic carbocycles. The van der Waals surface area contributed by atoms with Crippen molar-refractivity contribution in [1.82, 2.24) is 5.06 Å². The van der Waals surface area contributed by atoms with E-state index in [4.69, 9.17) is 9.94 Å². The maximum absolute atomic E-state index is 11.6. The number of carboxylic acid groups (broad SMARTS) is 1. The van der Waals surface area contributed by atoms with Crippen LogP contribution in [0.1, 0.15) is 26.2 Å². The Morgan fingerprint density at radius 1 is 1.59 bits per heavy atom. The third kappa shape index (κ3) is 6.05. The van der Waals surface area contributed by atoms with Crippen LogP contribution in [0.25, 0.3) is 0 Å². The molecule has 1 aliphatic heterocycles. The van der Waals surface area contributed by atoms with Crippen LogP contribution in [0.4, 0.5) is 0 Å². The van der Waals surface area contributed by atoms with E-state index in [1.54, 1.807) is 0 Å². The van der Waals surface area contributed by atoms with Crippen LogP contribution < -0.4 is 0 Å². The zero-order valence-corrected chi connectivity index (χ0v) is 9.26. The molecule has 0 aromatic rings. The molecule has 1 aliphatic rings. The molecule has 1 atom stereocenters. The van der Waals surface area contributed by atoms with E-state index in [1.807, 2.05) is 6.92 Å². The van der Waals surface area contributed by atoms with Gasteiger partial charge in [0.2, 0.25) is 0 Å². The molecule has 0 aliphatic carbocycles. The number of carbonyl (C=O) groups is 2. The van der Waals surface area contributed by atoms with E-state index < -0.39 is 17.9 Å². The zero-order valence-electron chi connectivity index (χ0n) is 9.26. The molecule has 92 valence electrons. The molecule has 0 spiro atoms. The number of hydroxylamine groups is 2. The van der Waals surface area contributed by atoms with Crippen LogP contribution in [0.3, 0.4) is 0 Å². The number of hydrogen-bond acceptors (Lipinski definition) is 5. The summed E-state index contributed by atoms with van der Waals surface area (Å²) >= 11 is 0. The average Bonchev–Trinajstić information content (AvgIpc) is 2.69. The summed E-state index contributed by atoms with van der Waals surface area (Å²) in [6, 6.07) is 0. The first-order chi connectivity index (χ1) is 7.63. The number of rotatable bonds is 6. The molecular weight excluding hydrogens is 235 g/mol. The summed E-state index contributed by atoms with van der Waals surface area (Å²) in [6.07, 6.45) is 2.54. The predicted molar refractivity (Wildman–Crippen MR) is 64.0 cm³/mol. The van der Waals surface area contributed by atoms with Crippen molar-refractivity contribution in [2.75, 3.05) is 13.1 Å². The van der Waals surface area contributed by atoms with Crippen molar-refractivity contribution < 1.29 is 19.5 Å². The summed E-state index contributed by atoms with van der Waals surface area (Å²) in [4.78, 5) is 31.1. The van der Waals surface area contributed by atoms with Gasteiger partial charge in [-0.05, 0) is 6.42 Å². The number of nitrogens with zero attached hydrogens (tertiary/aromatic N) is 2. The van der Waals surface area contributed by atoms with Gasteiger partial charge < -0.3 is 9.94 Å². The van der Waals surface area contributed by atoms with Crippen molar-refractivity contribution in [1.29, 1.82) is 0 Å². The number of hydrogen-bond donors (Lipinski definition) is 1. The second-order valence-electron chi connectivity index (χ2n) is 3.66. The number of aliphatic carboxylic acids is 1. The van der Waals surface area contributed by atoms with E-state index in [2.05, 4.69) is 4.99 Å². The first-order valence-electron chi connectivity index (χ1n) is 5.33. The monoisotopic (exact) mass is 252 g/mol. The van der Waals surface area contributed by atoms with Crippen molar-refractivity contribution >= 4 is 47.8 Å². The SMILES string of the molecule is CCCC(CC(=O)O)C(=O)ON1C=NCC1.[NaH]. The van der Waals surface area contributed by atoms with Gasteiger partial charge >= 0.3 is 41.5 Å². The molecule has 1 N–H and O–H groups in total. The normalized spacial score (nSPS) is 15.2. The Balaban J connectivity index is 0.00000256. The van der Waals surface area contributed by atoms with Gasteiger partial charge in [-0.25, -0.2) is 4.79 Å². The van der Waals surface area contributed by atoms with Gasteiger partial charge in [0.1, 0.15) is 6.34 Å². The van der Waals surface area contributed by atoms with Crippen molar-refractivity contribution in [3.05, 3.63) is 0 Å². The van der Waals surface area contributed by atoms with Crippen LogP contribution in [0.5, 0.6) is 0 Å². The Morgan fingerprint density at radius 2 is 2.29 bits per heavy atom. The summed E-state index contributed by atoms with van der Waals surface area (Å²) in [5, 5.41) is 10.0. The summed E-state index contributed by atoms with van der Waals surface area (Å²) in [7, 11) is 0. The quantitative estimate of drug-likeness (QED) is 0.675. The first kappa shape index (κ1) is 16.4. The van der Waals surface area contributed by atoms with Crippen molar-refractivity contribution in [3.8, 4) is 0 Å². The number of carbonyl (C=O) groups excluding carboxylic acids is 1. The third-order valence-electron chi connectivity index (χ3n) is 2.26. The Morgan fingerprint density at radius 3 is 2.76 bits per heavy atom. The van der Waals surface area contributed by atoms with Crippen LogP contribution >= 0.6 is 0 Å². The fraction of sp³-hybridized carbons (Fsp3) is 0.700. The van der Waals surface area contributed by atoms with E-state index in [0.717, 1.165) is 6.42 Å². The van der Waals surface area contributed by atoms with Gasteiger partial charge in [0.05, 0.1) is 25.4 Å². The second-order valence-corrected chi connectivity index (χ2v) is 3.66. The van der Waals surface area contributed by atoms with E-state index in [1.165, 1.54) is 11.4 Å². The van der Waals surface area contributed by atoms with Crippen LogP contribution in [0.2, 0.25) is 0 Å². The molecule has 0 aromatic heterocycles. The van der Waals surface area contributed by atoms with E-state index in [0.29, 0.717) is 19.5 Å². The molecule has 0 bridgehead atoms. The van der Waals surface area contributed by atoms with Gasteiger partial charge in [-0.2, -0.15) is 5.06 Å². The van der Waals surface area contributed by atoms with Crippen molar-refractivity contribution in [2.24, 2.45) is 10.9 Å². The molecule has 0 saturated heterocycles. The van der Waals surface area contributed by atoms with Gasteiger partial charge in [0.25, 0.3) is 0 Å². The summed E-state index contributed by atoms with van der Waals surface area (Å²) in [5.41, 5.74) is 0. The molecule has 17 heavy (non-hydrogen) atoms. The van der Waals surface area contributed by atoms with Crippen LogP contribution in [-0.2, 0) is 14.4 Å². The molecule has 0 saturated carbocycles. The molecule has 0 radical (unpaired) electrons. The Kier molecular flexibility index (Phi) is 8.20. The summed E-state index contributed by atoms with van der Waals surface area (Å²) < 4.78 is 0.